The van der Waals surface area contributed by atoms with Gasteiger partial charge in [0.25, 0.3) is 0 Å². The molecule has 2 heteroatoms. The third-order valence-electron chi connectivity index (χ3n) is 2.86. The second-order valence-electron chi connectivity index (χ2n) is 4.03. The highest BCUT2D eigenvalue weighted by Crippen LogP contribution is 2.26. The van der Waals surface area contributed by atoms with Crippen molar-refractivity contribution in [1.82, 2.24) is 0 Å². The van der Waals surface area contributed by atoms with Crippen LogP contribution >= 0.6 is 0 Å². The Balaban J connectivity index is 2.59. The van der Waals surface area contributed by atoms with Crippen molar-refractivity contribution in [1.29, 1.82) is 0 Å². The van der Waals surface area contributed by atoms with E-state index in [1.54, 1.807) is 0 Å². The van der Waals surface area contributed by atoms with Gasteiger partial charge >= 0.3 is 0 Å². The molecule has 18 heavy (non-hydrogen) atoms. The van der Waals surface area contributed by atoms with Crippen LogP contribution in [0.2, 0.25) is 0 Å². The summed E-state index contributed by atoms with van der Waals surface area (Å²) in [4.78, 5) is 0. The van der Waals surface area contributed by atoms with Crippen LogP contribution in [0, 0.1) is 0 Å². The number of rotatable bonds is 4. The zero-order valence-corrected chi connectivity index (χ0v) is 10.1. The van der Waals surface area contributed by atoms with Gasteiger partial charge in [0.2, 0.25) is 0 Å². The van der Waals surface area contributed by atoms with E-state index in [1.165, 1.54) is 0 Å². The largest absolute Gasteiger partial charge is 0.392 e. The maximum atomic E-state index is 9.40. The molecule has 2 aromatic carbocycles. The molecule has 0 radical (unpaired) electrons. The number of benzene rings is 2. The second kappa shape index (κ2) is 6.15. The van der Waals surface area contributed by atoms with Crippen LogP contribution in [0.25, 0.3) is 5.57 Å². The minimum Gasteiger partial charge on any atom is -0.392 e. The predicted octanol–water partition coefficient (Wildman–Crippen LogP) is 2.47. The smallest absolute Gasteiger partial charge is 0.0673 e. The molecule has 0 aliphatic rings. The van der Waals surface area contributed by atoms with E-state index in [4.69, 9.17) is 0 Å². The molecule has 0 aromatic heterocycles. The standard InChI is InChI=1S/C16H16O2/c17-11-15(12-18)16(13-7-3-1-4-8-13)14-9-5-2-6-10-14/h1-10,17-18H,11-12H2. The van der Waals surface area contributed by atoms with E-state index in [0.29, 0.717) is 5.57 Å². The second-order valence-corrected chi connectivity index (χ2v) is 4.03. The first-order chi connectivity index (χ1) is 8.86. The molecule has 2 N–H and O–H groups in total. The Bertz CT molecular complexity index is 468. The highest BCUT2D eigenvalue weighted by molar-refractivity contribution is 5.82. The Morgan fingerprint density at radius 1 is 0.667 bits per heavy atom. The summed E-state index contributed by atoms with van der Waals surface area (Å²) in [5.41, 5.74) is 3.54. The molecule has 92 valence electrons. The first-order valence-corrected chi connectivity index (χ1v) is 5.91. The van der Waals surface area contributed by atoms with Crippen LogP contribution < -0.4 is 0 Å². The normalized spacial score (nSPS) is 10.1. The van der Waals surface area contributed by atoms with Crippen LogP contribution in [-0.2, 0) is 0 Å². The molecule has 0 fully saturated rings. The first kappa shape index (κ1) is 12.6. The van der Waals surface area contributed by atoms with Crippen molar-refractivity contribution in [2.75, 3.05) is 13.2 Å². The molecule has 0 spiro atoms. The highest BCUT2D eigenvalue weighted by atomic mass is 16.3. The van der Waals surface area contributed by atoms with Crippen LogP contribution in [0.1, 0.15) is 11.1 Å². The molecule has 0 bridgehead atoms. The van der Waals surface area contributed by atoms with E-state index < -0.39 is 0 Å². The summed E-state index contributed by atoms with van der Waals surface area (Å²) in [5, 5.41) is 18.8. The summed E-state index contributed by atoms with van der Waals surface area (Å²) >= 11 is 0. The van der Waals surface area contributed by atoms with E-state index in [1.807, 2.05) is 60.7 Å². The molecule has 0 saturated heterocycles. The molecule has 2 rings (SSSR count). The molecule has 0 amide bonds. The van der Waals surface area contributed by atoms with Gasteiger partial charge < -0.3 is 10.2 Å². The van der Waals surface area contributed by atoms with Gasteiger partial charge in [-0.05, 0) is 22.3 Å². The van der Waals surface area contributed by atoms with Gasteiger partial charge in [0.1, 0.15) is 0 Å². The van der Waals surface area contributed by atoms with Crippen LogP contribution in [0.4, 0.5) is 0 Å². The van der Waals surface area contributed by atoms with Crippen molar-refractivity contribution in [3.05, 3.63) is 77.4 Å². The van der Waals surface area contributed by atoms with Crippen molar-refractivity contribution >= 4 is 5.57 Å². The molecule has 0 unspecified atom stereocenters. The van der Waals surface area contributed by atoms with E-state index in [9.17, 15) is 10.2 Å². The molecule has 0 aliphatic carbocycles. The van der Waals surface area contributed by atoms with Gasteiger partial charge in [0.05, 0.1) is 13.2 Å². The van der Waals surface area contributed by atoms with Gasteiger partial charge in [-0.15, -0.1) is 0 Å². The molecule has 2 nitrogen and oxygen atoms in total. The Morgan fingerprint density at radius 2 is 1.06 bits per heavy atom. The molecular weight excluding hydrogens is 224 g/mol. The van der Waals surface area contributed by atoms with Gasteiger partial charge in [-0.1, -0.05) is 60.7 Å². The SMILES string of the molecule is OCC(CO)=C(c1ccccc1)c1ccccc1. The monoisotopic (exact) mass is 240 g/mol. The summed E-state index contributed by atoms with van der Waals surface area (Å²) in [7, 11) is 0. The zero-order chi connectivity index (χ0) is 12.8. The maximum absolute atomic E-state index is 9.40. The van der Waals surface area contributed by atoms with Gasteiger partial charge in [0, 0.05) is 0 Å². The quantitative estimate of drug-likeness (QED) is 0.862. The van der Waals surface area contributed by atoms with Gasteiger partial charge in [-0.25, -0.2) is 0 Å². The Morgan fingerprint density at radius 3 is 1.39 bits per heavy atom. The van der Waals surface area contributed by atoms with Gasteiger partial charge in [-0.2, -0.15) is 0 Å². The highest BCUT2D eigenvalue weighted by Gasteiger charge is 2.10. The molecule has 0 heterocycles. The van der Waals surface area contributed by atoms with E-state index >= 15 is 0 Å². The van der Waals surface area contributed by atoms with Crippen LogP contribution in [0.5, 0.6) is 0 Å². The van der Waals surface area contributed by atoms with Crippen LogP contribution in [0.15, 0.2) is 66.2 Å². The number of hydrogen-bond donors (Lipinski definition) is 2. The van der Waals surface area contributed by atoms with E-state index in [0.717, 1.165) is 16.7 Å². The maximum Gasteiger partial charge on any atom is 0.0673 e. The Hall–Kier alpha value is -1.90. The summed E-state index contributed by atoms with van der Waals surface area (Å²) in [6, 6.07) is 19.6. The fraction of sp³-hybridized carbons (Fsp3) is 0.125. The fourth-order valence-electron chi connectivity index (χ4n) is 1.99. The summed E-state index contributed by atoms with van der Waals surface area (Å²) in [5.74, 6) is 0. The average molecular weight is 240 g/mol. The predicted molar refractivity (Wildman–Crippen MR) is 73.1 cm³/mol. The zero-order valence-electron chi connectivity index (χ0n) is 10.1. The lowest BCUT2D eigenvalue weighted by Crippen LogP contribution is -2.02. The molecule has 0 aliphatic heterocycles. The van der Waals surface area contributed by atoms with Crippen LogP contribution in [-0.4, -0.2) is 23.4 Å². The summed E-state index contributed by atoms with van der Waals surface area (Å²) < 4.78 is 0. The van der Waals surface area contributed by atoms with Crippen LogP contribution in [0.3, 0.4) is 0 Å². The molecule has 2 aromatic rings. The third-order valence-corrected chi connectivity index (χ3v) is 2.86. The lowest BCUT2D eigenvalue weighted by Gasteiger charge is -2.13. The summed E-state index contributed by atoms with van der Waals surface area (Å²) in [6.07, 6.45) is 0. The topological polar surface area (TPSA) is 40.5 Å². The lowest BCUT2D eigenvalue weighted by molar-refractivity contribution is 0.277. The van der Waals surface area contributed by atoms with Gasteiger partial charge in [-0.3, -0.25) is 0 Å². The molecule has 0 atom stereocenters. The van der Waals surface area contributed by atoms with Gasteiger partial charge in [0.15, 0.2) is 0 Å². The Kier molecular flexibility index (Phi) is 4.29. The molecular formula is C16H16O2. The number of hydrogen-bond acceptors (Lipinski definition) is 2. The Labute approximate surface area is 107 Å². The van der Waals surface area contributed by atoms with E-state index in [2.05, 4.69) is 0 Å². The lowest BCUT2D eigenvalue weighted by atomic mass is 9.93. The number of aliphatic hydroxyl groups is 2. The van der Waals surface area contributed by atoms with Crippen molar-refractivity contribution in [3.63, 3.8) is 0 Å². The van der Waals surface area contributed by atoms with Crippen molar-refractivity contribution in [3.8, 4) is 0 Å². The van der Waals surface area contributed by atoms with Crippen molar-refractivity contribution < 1.29 is 10.2 Å². The fourth-order valence-corrected chi connectivity index (χ4v) is 1.99. The summed E-state index contributed by atoms with van der Waals surface area (Å²) in [6.45, 7) is -0.286. The average Bonchev–Trinajstić information content (AvgIpc) is 2.46. The third kappa shape index (κ3) is 2.67. The minimum absolute atomic E-state index is 0.143. The number of aliphatic hydroxyl groups excluding tert-OH is 2. The first-order valence-electron chi connectivity index (χ1n) is 5.91. The molecule has 0 saturated carbocycles. The minimum atomic E-state index is -0.143. The van der Waals surface area contributed by atoms with Crippen molar-refractivity contribution in [2.24, 2.45) is 0 Å². The van der Waals surface area contributed by atoms with Crippen molar-refractivity contribution in [2.45, 2.75) is 0 Å². The van der Waals surface area contributed by atoms with E-state index in [-0.39, 0.29) is 13.2 Å².